The minimum absolute atomic E-state index is 0.0846. The average Bonchev–Trinajstić information content (AvgIpc) is 2.90. The van der Waals surface area contributed by atoms with Crippen LogP contribution in [-0.2, 0) is 12.8 Å². The van der Waals surface area contributed by atoms with Crippen LogP contribution in [0.4, 0.5) is 0 Å². The van der Waals surface area contributed by atoms with Crippen molar-refractivity contribution in [2.24, 2.45) is 0 Å². The summed E-state index contributed by atoms with van der Waals surface area (Å²) in [5, 5.41) is 0. The SMILES string of the molecule is CCCN(CCC)C(=O)c1ccc(OCCCCOc2c(CC)cc(OCC=C(Cl)Cl)cc2CC)cc1. The number of hydrogen-bond acceptors (Lipinski definition) is 4. The van der Waals surface area contributed by atoms with Crippen LogP contribution in [0.5, 0.6) is 17.2 Å². The van der Waals surface area contributed by atoms with Crippen molar-refractivity contribution >= 4 is 29.1 Å². The smallest absolute Gasteiger partial charge is 0.253 e. The minimum atomic E-state index is 0.0846. The fourth-order valence-corrected chi connectivity index (χ4v) is 4.14. The molecule has 2 aromatic carbocycles. The van der Waals surface area contributed by atoms with E-state index in [2.05, 4.69) is 27.7 Å². The molecule has 0 saturated carbocycles. The Hall–Kier alpha value is -2.37. The van der Waals surface area contributed by atoms with Crippen molar-refractivity contribution in [2.45, 2.75) is 66.2 Å². The van der Waals surface area contributed by atoms with Crippen LogP contribution in [0.25, 0.3) is 0 Å². The number of aryl methyl sites for hydroxylation is 2. The Balaban J connectivity index is 1.82. The highest BCUT2D eigenvalue weighted by molar-refractivity contribution is 6.55. The van der Waals surface area contributed by atoms with Crippen molar-refractivity contribution in [2.75, 3.05) is 32.9 Å². The van der Waals surface area contributed by atoms with E-state index in [-0.39, 0.29) is 10.4 Å². The highest BCUT2D eigenvalue weighted by Gasteiger charge is 2.14. The van der Waals surface area contributed by atoms with Crippen LogP contribution in [0.3, 0.4) is 0 Å². The summed E-state index contributed by atoms with van der Waals surface area (Å²) in [6.07, 6.45) is 6.98. The molecule has 1 amide bonds. The lowest BCUT2D eigenvalue weighted by molar-refractivity contribution is 0.0755. The van der Waals surface area contributed by atoms with E-state index in [0.717, 1.165) is 80.0 Å². The molecule has 5 nitrogen and oxygen atoms in total. The van der Waals surface area contributed by atoms with Gasteiger partial charge in [0.25, 0.3) is 5.91 Å². The van der Waals surface area contributed by atoms with E-state index in [4.69, 9.17) is 37.4 Å². The zero-order chi connectivity index (χ0) is 27.0. The van der Waals surface area contributed by atoms with E-state index in [0.29, 0.717) is 25.4 Å². The lowest BCUT2D eigenvalue weighted by Gasteiger charge is -2.21. The van der Waals surface area contributed by atoms with Gasteiger partial charge in [-0.1, -0.05) is 50.9 Å². The topological polar surface area (TPSA) is 48.0 Å². The summed E-state index contributed by atoms with van der Waals surface area (Å²) in [5.41, 5.74) is 2.95. The van der Waals surface area contributed by atoms with E-state index < -0.39 is 0 Å². The van der Waals surface area contributed by atoms with Crippen LogP contribution in [0, 0.1) is 0 Å². The molecule has 0 N–H and O–H groups in total. The molecule has 0 aromatic heterocycles. The first-order valence-electron chi connectivity index (χ1n) is 13.4. The number of rotatable bonds is 17. The first-order valence-corrected chi connectivity index (χ1v) is 14.1. The molecule has 0 radical (unpaired) electrons. The van der Waals surface area contributed by atoms with E-state index >= 15 is 0 Å². The summed E-state index contributed by atoms with van der Waals surface area (Å²) >= 11 is 11.3. The molecular formula is C30H41Cl2NO4. The van der Waals surface area contributed by atoms with Gasteiger partial charge in [0.05, 0.1) is 13.2 Å². The fraction of sp³-hybridized carbons (Fsp3) is 0.500. The van der Waals surface area contributed by atoms with Crippen molar-refractivity contribution in [1.29, 1.82) is 0 Å². The third-order valence-corrected chi connectivity index (χ3v) is 6.20. The summed E-state index contributed by atoms with van der Waals surface area (Å²) in [5.74, 6) is 2.60. The third kappa shape index (κ3) is 10.5. The van der Waals surface area contributed by atoms with E-state index in [1.54, 1.807) is 6.08 Å². The second kappa shape index (κ2) is 17.2. The average molecular weight is 551 g/mol. The van der Waals surface area contributed by atoms with E-state index in [1.165, 1.54) is 0 Å². The second-order valence-electron chi connectivity index (χ2n) is 8.80. The number of halogens is 2. The normalized spacial score (nSPS) is 10.6. The highest BCUT2D eigenvalue weighted by atomic mass is 35.5. The molecule has 2 aromatic rings. The molecule has 2 rings (SSSR count). The second-order valence-corrected chi connectivity index (χ2v) is 9.81. The molecule has 37 heavy (non-hydrogen) atoms. The summed E-state index contributed by atoms with van der Waals surface area (Å²) < 4.78 is 18.1. The molecule has 0 aliphatic carbocycles. The number of nitrogens with zero attached hydrogens (tertiary/aromatic N) is 1. The van der Waals surface area contributed by atoms with Gasteiger partial charge in [0.2, 0.25) is 0 Å². The van der Waals surface area contributed by atoms with Crippen LogP contribution in [0.1, 0.15) is 74.9 Å². The highest BCUT2D eigenvalue weighted by Crippen LogP contribution is 2.31. The summed E-state index contributed by atoms with van der Waals surface area (Å²) in [7, 11) is 0. The molecule has 0 unspecified atom stereocenters. The zero-order valence-electron chi connectivity index (χ0n) is 22.7. The predicted octanol–water partition coefficient (Wildman–Crippen LogP) is 8.01. The Labute approximate surface area is 232 Å². The van der Waals surface area contributed by atoms with Crippen LogP contribution < -0.4 is 14.2 Å². The van der Waals surface area contributed by atoms with Crippen molar-refractivity contribution in [3.8, 4) is 17.2 Å². The Morgan fingerprint density at radius 2 is 1.38 bits per heavy atom. The van der Waals surface area contributed by atoms with Crippen LogP contribution in [0.15, 0.2) is 47.0 Å². The maximum Gasteiger partial charge on any atom is 0.253 e. The van der Waals surface area contributed by atoms with Gasteiger partial charge in [-0.25, -0.2) is 0 Å². The zero-order valence-corrected chi connectivity index (χ0v) is 24.2. The van der Waals surface area contributed by atoms with Crippen molar-refractivity contribution in [1.82, 2.24) is 4.90 Å². The summed E-state index contributed by atoms with van der Waals surface area (Å²) in [6, 6.07) is 11.5. The first-order chi connectivity index (χ1) is 17.9. The molecular weight excluding hydrogens is 509 g/mol. The standard InChI is InChI=1S/C30H41Cl2NO4/c1-5-16-33(17-6-2)30(34)25-11-13-26(14-12-25)35-18-9-10-19-37-29-23(7-3)21-27(22-24(29)8-4)36-20-15-28(31)32/h11-15,21-22H,5-10,16-20H2,1-4H3. The monoisotopic (exact) mass is 549 g/mol. The lowest BCUT2D eigenvalue weighted by atomic mass is 10.0. The molecule has 0 fully saturated rings. The number of unbranched alkanes of at least 4 members (excludes halogenated alkanes) is 1. The minimum Gasteiger partial charge on any atom is -0.494 e. The van der Waals surface area contributed by atoms with Gasteiger partial charge in [-0.05, 0) is 92.1 Å². The molecule has 0 saturated heterocycles. The van der Waals surface area contributed by atoms with Gasteiger partial charge in [-0.15, -0.1) is 0 Å². The maximum atomic E-state index is 12.7. The van der Waals surface area contributed by atoms with Crippen molar-refractivity contribution in [3.05, 3.63) is 63.7 Å². The molecule has 0 aliphatic rings. The number of hydrogen-bond donors (Lipinski definition) is 0. The Morgan fingerprint density at radius 1 is 0.811 bits per heavy atom. The number of carbonyl (C=O) groups is 1. The fourth-order valence-electron chi connectivity index (χ4n) is 4.02. The molecule has 0 heterocycles. The van der Waals surface area contributed by atoms with Gasteiger partial charge in [-0.3, -0.25) is 4.79 Å². The lowest BCUT2D eigenvalue weighted by Crippen LogP contribution is -2.32. The van der Waals surface area contributed by atoms with Crippen molar-refractivity contribution < 1.29 is 19.0 Å². The molecule has 204 valence electrons. The molecule has 7 heteroatoms. The Bertz CT molecular complexity index is 957. The largest absolute Gasteiger partial charge is 0.494 e. The van der Waals surface area contributed by atoms with Gasteiger partial charge < -0.3 is 19.1 Å². The van der Waals surface area contributed by atoms with Crippen LogP contribution in [0.2, 0.25) is 0 Å². The summed E-state index contributed by atoms with van der Waals surface area (Å²) in [4.78, 5) is 14.6. The molecule has 0 aliphatic heterocycles. The van der Waals surface area contributed by atoms with Gasteiger partial charge in [-0.2, -0.15) is 0 Å². The molecule has 0 atom stereocenters. The predicted molar refractivity (Wildman–Crippen MR) is 154 cm³/mol. The van der Waals surface area contributed by atoms with Crippen molar-refractivity contribution in [3.63, 3.8) is 0 Å². The van der Waals surface area contributed by atoms with Gasteiger partial charge in [0.15, 0.2) is 0 Å². The van der Waals surface area contributed by atoms with E-state index in [1.807, 2.05) is 41.3 Å². The number of ether oxygens (including phenoxy) is 3. The number of benzene rings is 2. The van der Waals surface area contributed by atoms with Gasteiger partial charge in [0.1, 0.15) is 28.3 Å². The summed E-state index contributed by atoms with van der Waals surface area (Å²) in [6.45, 7) is 11.5. The Kier molecular flexibility index (Phi) is 14.3. The van der Waals surface area contributed by atoms with E-state index in [9.17, 15) is 4.79 Å². The Morgan fingerprint density at radius 3 is 1.89 bits per heavy atom. The number of carbonyl (C=O) groups excluding carboxylic acids is 1. The third-order valence-electron chi connectivity index (χ3n) is 5.90. The number of amides is 1. The molecule has 0 bridgehead atoms. The van der Waals surface area contributed by atoms with Crippen LogP contribution in [-0.4, -0.2) is 43.7 Å². The molecule has 0 spiro atoms. The first kappa shape index (κ1) is 30.9. The van der Waals surface area contributed by atoms with Crippen LogP contribution >= 0.6 is 23.2 Å². The quantitative estimate of drug-likeness (QED) is 0.187. The maximum absolute atomic E-state index is 12.7. The van der Waals surface area contributed by atoms with Gasteiger partial charge in [0, 0.05) is 18.7 Å². The van der Waals surface area contributed by atoms with Gasteiger partial charge >= 0.3 is 0 Å².